The number of amides is 1. The standard InChI is InChI=1S/C15H22N2O2/c1-10-4-5-13(16)12(8-10)14(18)17-11-6-7-19-15(2,3)9-11/h4-5,8,11H,6-7,9,16H2,1-3H3,(H,17,18). The summed E-state index contributed by atoms with van der Waals surface area (Å²) in [6, 6.07) is 5.66. The van der Waals surface area contributed by atoms with E-state index in [0.717, 1.165) is 18.4 Å². The highest BCUT2D eigenvalue weighted by molar-refractivity contribution is 5.99. The summed E-state index contributed by atoms with van der Waals surface area (Å²) >= 11 is 0. The van der Waals surface area contributed by atoms with Crippen LogP contribution in [0.3, 0.4) is 0 Å². The minimum Gasteiger partial charge on any atom is -0.398 e. The number of nitrogens with two attached hydrogens (primary N) is 1. The molecule has 0 saturated carbocycles. The third-order valence-corrected chi connectivity index (χ3v) is 3.49. The molecule has 0 spiro atoms. The van der Waals surface area contributed by atoms with Gasteiger partial charge in [0.25, 0.3) is 5.91 Å². The van der Waals surface area contributed by atoms with Crippen LogP contribution in [-0.4, -0.2) is 24.2 Å². The van der Waals surface area contributed by atoms with Crippen molar-refractivity contribution in [3.8, 4) is 0 Å². The Morgan fingerprint density at radius 2 is 2.21 bits per heavy atom. The molecule has 1 heterocycles. The van der Waals surface area contributed by atoms with Crippen molar-refractivity contribution in [3.63, 3.8) is 0 Å². The number of aryl methyl sites for hydroxylation is 1. The third kappa shape index (κ3) is 3.47. The zero-order valence-electron chi connectivity index (χ0n) is 11.8. The SMILES string of the molecule is Cc1ccc(N)c(C(=O)NC2CCOC(C)(C)C2)c1. The van der Waals surface area contributed by atoms with E-state index in [-0.39, 0.29) is 17.6 Å². The highest BCUT2D eigenvalue weighted by atomic mass is 16.5. The molecule has 104 valence electrons. The van der Waals surface area contributed by atoms with E-state index in [0.29, 0.717) is 17.9 Å². The minimum absolute atomic E-state index is 0.0936. The van der Waals surface area contributed by atoms with Gasteiger partial charge in [-0.2, -0.15) is 0 Å². The molecule has 1 unspecified atom stereocenters. The normalized spacial score (nSPS) is 21.9. The van der Waals surface area contributed by atoms with Crippen LogP contribution in [0.2, 0.25) is 0 Å². The van der Waals surface area contributed by atoms with Gasteiger partial charge in [0.05, 0.1) is 11.2 Å². The lowest BCUT2D eigenvalue weighted by Crippen LogP contribution is -2.45. The van der Waals surface area contributed by atoms with Gasteiger partial charge < -0.3 is 15.8 Å². The molecule has 3 N–H and O–H groups in total. The molecule has 0 radical (unpaired) electrons. The largest absolute Gasteiger partial charge is 0.398 e. The summed E-state index contributed by atoms with van der Waals surface area (Å²) in [5, 5.41) is 3.06. The topological polar surface area (TPSA) is 64.4 Å². The molecular formula is C15H22N2O2. The molecule has 4 nitrogen and oxygen atoms in total. The molecule has 1 aromatic rings. The maximum Gasteiger partial charge on any atom is 0.253 e. The molecule has 1 aliphatic heterocycles. The Balaban J connectivity index is 2.06. The number of hydrogen-bond donors (Lipinski definition) is 2. The molecule has 2 rings (SSSR count). The summed E-state index contributed by atoms with van der Waals surface area (Å²) < 4.78 is 5.65. The summed E-state index contributed by atoms with van der Waals surface area (Å²) in [6.07, 6.45) is 1.67. The lowest BCUT2D eigenvalue weighted by atomic mass is 9.93. The predicted octanol–water partition coefficient (Wildman–Crippen LogP) is 2.26. The van der Waals surface area contributed by atoms with Crippen LogP contribution in [0.4, 0.5) is 5.69 Å². The first-order valence-corrected chi connectivity index (χ1v) is 6.68. The van der Waals surface area contributed by atoms with Gasteiger partial charge in [0, 0.05) is 18.3 Å². The molecule has 1 fully saturated rings. The number of nitrogens with one attached hydrogen (secondary N) is 1. The van der Waals surface area contributed by atoms with Crippen molar-refractivity contribution in [3.05, 3.63) is 29.3 Å². The molecule has 1 aliphatic rings. The first-order valence-electron chi connectivity index (χ1n) is 6.68. The third-order valence-electron chi connectivity index (χ3n) is 3.49. The Morgan fingerprint density at radius 1 is 1.47 bits per heavy atom. The van der Waals surface area contributed by atoms with Crippen molar-refractivity contribution in [2.75, 3.05) is 12.3 Å². The van der Waals surface area contributed by atoms with E-state index >= 15 is 0 Å². The highest BCUT2D eigenvalue weighted by Gasteiger charge is 2.30. The average molecular weight is 262 g/mol. The lowest BCUT2D eigenvalue weighted by molar-refractivity contribution is -0.0615. The van der Waals surface area contributed by atoms with Gasteiger partial charge in [0.15, 0.2) is 0 Å². The lowest BCUT2D eigenvalue weighted by Gasteiger charge is -2.35. The highest BCUT2D eigenvalue weighted by Crippen LogP contribution is 2.24. The van der Waals surface area contributed by atoms with Gasteiger partial charge in [-0.25, -0.2) is 0 Å². The van der Waals surface area contributed by atoms with Crippen molar-refractivity contribution in [2.45, 2.75) is 45.3 Å². The molecule has 0 bridgehead atoms. The number of ether oxygens (including phenoxy) is 1. The second kappa shape index (κ2) is 5.21. The zero-order chi connectivity index (χ0) is 14.0. The fourth-order valence-electron chi connectivity index (χ4n) is 2.48. The van der Waals surface area contributed by atoms with Gasteiger partial charge in [0.1, 0.15) is 0 Å². The van der Waals surface area contributed by atoms with Crippen molar-refractivity contribution >= 4 is 11.6 Å². The predicted molar refractivity (Wildman–Crippen MR) is 76.1 cm³/mol. The number of carbonyl (C=O) groups is 1. The fourth-order valence-corrected chi connectivity index (χ4v) is 2.48. The summed E-state index contributed by atoms with van der Waals surface area (Å²) in [5.74, 6) is -0.0936. The summed E-state index contributed by atoms with van der Waals surface area (Å²) in [4.78, 5) is 12.3. The van der Waals surface area contributed by atoms with E-state index in [1.54, 1.807) is 6.07 Å². The fraction of sp³-hybridized carbons (Fsp3) is 0.533. The minimum atomic E-state index is -0.172. The van der Waals surface area contributed by atoms with Crippen LogP contribution >= 0.6 is 0 Å². The zero-order valence-corrected chi connectivity index (χ0v) is 11.8. The van der Waals surface area contributed by atoms with E-state index < -0.39 is 0 Å². The Bertz CT molecular complexity index is 483. The maximum absolute atomic E-state index is 12.3. The van der Waals surface area contributed by atoms with Crippen LogP contribution in [0.5, 0.6) is 0 Å². The van der Waals surface area contributed by atoms with Crippen LogP contribution in [0.15, 0.2) is 18.2 Å². The van der Waals surface area contributed by atoms with Crippen LogP contribution in [0.1, 0.15) is 42.6 Å². The number of carbonyl (C=O) groups excluding carboxylic acids is 1. The second-order valence-corrected chi connectivity index (χ2v) is 5.86. The molecule has 1 atom stereocenters. The van der Waals surface area contributed by atoms with Gasteiger partial charge >= 0.3 is 0 Å². The number of anilines is 1. The molecule has 1 saturated heterocycles. The van der Waals surface area contributed by atoms with E-state index in [9.17, 15) is 4.79 Å². The monoisotopic (exact) mass is 262 g/mol. The smallest absolute Gasteiger partial charge is 0.253 e. The molecule has 19 heavy (non-hydrogen) atoms. The van der Waals surface area contributed by atoms with E-state index in [1.807, 2.05) is 32.9 Å². The molecule has 1 amide bonds. The second-order valence-electron chi connectivity index (χ2n) is 5.86. The Kier molecular flexibility index (Phi) is 3.80. The maximum atomic E-state index is 12.3. The average Bonchev–Trinajstić information content (AvgIpc) is 2.31. The van der Waals surface area contributed by atoms with E-state index in [2.05, 4.69) is 5.32 Å². The Hall–Kier alpha value is -1.55. The molecule has 0 aliphatic carbocycles. The number of hydrogen-bond acceptors (Lipinski definition) is 3. The van der Waals surface area contributed by atoms with Crippen LogP contribution in [0.25, 0.3) is 0 Å². The first-order chi connectivity index (χ1) is 8.87. The van der Waals surface area contributed by atoms with Crippen LogP contribution in [0, 0.1) is 6.92 Å². The van der Waals surface area contributed by atoms with Gasteiger partial charge in [0.2, 0.25) is 0 Å². The van der Waals surface area contributed by atoms with Crippen molar-refractivity contribution < 1.29 is 9.53 Å². The number of rotatable bonds is 2. The van der Waals surface area contributed by atoms with Crippen LogP contribution in [-0.2, 0) is 4.74 Å². The number of benzene rings is 1. The van der Waals surface area contributed by atoms with Crippen LogP contribution < -0.4 is 11.1 Å². The van der Waals surface area contributed by atoms with Gasteiger partial charge in [-0.1, -0.05) is 11.6 Å². The van der Waals surface area contributed by atoms with Gasteiger partial charge in [-0.3, -0.25) is 4.79 Å². The van der Waals surface area contributed by atoms with Crippen molar-refractivity contribution in [1.82, 2.24) is 5.32 Å². The van der Waals surface area contributed by atoms with Gasteiger partial charge in [-0.15, -0.1) is 0 Å². The van der Waals surface area contributed by atoms with E-state index in [1.165, 1.54) is 0 Å². The quantitative estimate of drug-likeness (QED) is 0.804. The Labute approximate surface area is 114 Å². The summed E-state index contributed by atoms with van der Waals surface area (Å²) in [6.45, 7) is 6.73. The summed E-state index contributed by atoms with van der Waals surface area (Å²) in [7, 11) is 0. The molecule has 1 aromatic carbocycles. The van der Waals surface area contributed by atoms with Gasteiger partial charge in [-0.05, 0) is 45.7 Å². The molecule has 0 aromatic heterocycles. The van der Waals surface area contributed by atoms with E-state index in [4.69, 9.17) is 10.5 Å². The van der Waals surface area contributed by atoms with Crippen molar-refractivity contribution in [2.24, 2.45) is 0 Å². The molecule has 4 heteroatoms. The summed E-state index contributed by atoms with van der Waals surface area (Å²) in [5.41, 5.74) is 7.81. The molecular weight excluding hydrogens is 240 g/mol. The first kappa shape index (κ1) is 13.9. The van der Waals surface area contributed by atoms with Crippen molar-refractivity contribution in [1.29, 1.82) is 0 Å². The number of nitrogen functional groups attached to an aromatic ring is 1. The Morgan fingerprint density at radius 3 is 2.89 bits per heavy atom.